The second-order valence-corrected chi connectivity index (χ2v) is 4.81. The van der Waals surface area contributed by atoms with Crippen molar-refractivity contribution >= 4 is 6.09 Å². The molecule has 0 bridgehead atoms. The molecule has 1 aromatic carbocycles. The smallest absolute Gasteiger partial charge is 0.407 e. The van der Waals surface area contributed by atoms with Gasteiger partial charge in [0, 0.05) is 11.5 Å². The average molecular weight is 271 g/mol. The summed E-state index contributed by atoms with van der Waals surface area (Å²) in [4.78, 5) is 11.8. The van der Waals surface area contributed by atoms with Crippen LogP contribution in [-0.2, 0) is 4.74 Å². The third-order valence-electron chi connectivity index (χ3n) is 3.58. The number of amides is 1. The maximum atomic E-state index is 11.8. The summed E-state index contributed by atoms with van der Waals surface area (Å²) in [6, 6.07) is 7.66. The molecule has 0 spiro atoms. The van der Waals surface area contributed by atoms with E-state index in [-0.39, 0.29) is 18.1 Å². The Hall–Kier alpha value is -2.23. The van der Waals surface area contributed by atoms with Crippen molar-refractivity contribution in [2.45, 2.75) is 19.1 Å². The SMILES string of the molecule is CCOC(=O)N[C@@H]1c2ccccc2O[C@H]2C=CC=C[C@H]21. The Kier molecular flexibility index (Phi) is 3.46. The molecular formula is C16H17NO3. The van der Waals surface area contributed by atoms with Gasteiger partial charge in [-0.05, 0) is 19.1 Å². The van der Waals surface area contributed by atoms with Crippen LogP contribution in [0.15, 0.2) is 48.6 Å². The number of nitrogens with one attached hydrogen (secondary N) is 1. The lowest BCUT2D eigenvalue weighted by Gasteiger charge is -2.38. The number of fused-ring (bicyclic) bond motifs is 2. The summed E-state index contributed by atoms with van der Waals surface area (Å²) in [6.07, 6.45) is 7.59. The van der Waals surface area contributed by atoms with Gasteiger partial charge >= 0.3 is 6.09 Å². The Morgan fingerprint density at radius 1 is 1.30 bits per heavy atom. The summed E-state index contributed by atoms with van der Waals surface area (Å²) in [5, 5.41) is 2.95. The first-order valence-electron chi connectivity index (χ1n) is 6.83. The average Bonchev–Trinajstić information content (AvgIpc) is 2.47. The maximum Gasteiger partial charge on any atom is 0.407 e. The van der Waals surface area contributed by atoms with Crippen LogP contribution in [0.2, 0.25) is 0 Å². The third kappa shape index (κ3) is 2.29. The number of hydrogen-bond acceptors (Lipinski definition) is 3. The number of allylic oxidation sites excluding steroid dienone is 2. The van der Waals surface area contributed by atoms with Gasteiger partial charge in [0.2, 0.25) is 0 Å². The minimum absolute atomic E-state index is 0.0539. The minimum Gasteiger partial charge on any atom is -0.485 e. The van der Waals surface area contributed by atoms with Gasteiger partial charge in [0.05, 0.1) is 12.6 Å². The van der Waals surface area contributed by atoms with Gasteiger partial charge in [-0.3, -0.25) is 0 Å². The summed E-state index contributed by atoms with van der Waals surface area (Å²) >= 11 is 0. The van der Waals surface area contributed by atoms with E-state index in [2.05, 4.69) is 11.4 Å². The van der Waals surface area contributed by atoms with Crippen LogP contribution < -0.4 is 10.1 Å². The van der Waals surface area contributed by atoms with Gasteiger partial charge in [-0.25, -0.2) is 4.79 Å². The molecule has 4 nitrogen and oxygen atoms in total. The molecule has 1 amide bonds. The third-order valence-corrected chi connectivity index (χ3v) is 3.58. The van der Waals surface area contributed by atoms with Crippen LogP contribution >= 0.6 is 0 Å². The lowest BCUT2D eigenvalue weighted by Crippen LogP contribution is -2.43. The Morgan fingerprint density at radius 2 is 2.10 bits per heavy atom. The number of rotatable bonds is 2. The molecular weight excluding hydrogens is 254 g/mol. The van der Waals surface area contributed by atoms with Gasteiger partial charge in [0.1, 0.15) is 11.9 Å². The highest BCUT2D eigenvalue weighted by Crippen LogP contribution is 2.40. The molecule has 1 heterocycles. The number of carbonyl (C=O) groups is 1. The molecule has 1 aromatic rings. The lowest BCUT2D eigenvalue weighted by atomic mass is 9.83. The van der Waals surface area contributed by atoms with Crippen molar-refractivity contribution in [2.75, 3.05) is 6.61 Å². The van der Waals surface area contributed by atoms with Crippen LogP contribution in [0.25, 0.3) is 0 Å². The zero-order chi connectivity index (χ0) is 13.9. The molecule has 0 saturated heterocycles. The van der Waals surface area contributed by atoms with Crippen molar-refractivity contribution in [2.24, 2.45) is 5.92 Å². The first-order valence-corrected chi connectivity index (χ1v) is 6.83. The van der Waals surface area contributed by atoms with Crippen molar-refractivity contribution in [3.8, 4) is 5.75 Å². The number of hydrogen-bond donors (Lipinski definition) is 1. The molecule has 0 unspecified atom stereocenters. The van der Waals surface area contributed by atoms with Crippen molar-refractivity contribution in [3.63, 3.8) is 0 Å². The van der Waals surface area contributed by atoms with Gasteiger partial charge in [-0.2, -0.15) is 0 Å². The highest BCUT2D eigenvalue weighted by molar-refractivity contribution is 5.68. The zero-order valence-electron chi connectivity index (χ0n) is 11.3. The van der Waals surface area contributed by atoms with Crippen LogP contribution in [0.4, 0.5) is 4.79 Å². The molecule has 1 aliphatic carbocycles. The van der Waals surface area contributed by atoms with E-state index < -0.39 is 6.09 Å². The Labute approximate surface area is 118 Å². The van der Waals surface area contributed by atoms with Crippen molar-refractivity contribution < 1.29 is 14.3 Å². The molecule has 104 valence electrons. The fourth-order valence-electron chi connectivity index (χ4n) is 2.70. The molecule has 2 aliphatic rings. The van der Waals surface area contributed by atoms with E-state index in [4.69, 9.17) is 9.47 Å². The van der Waals surface area contributed by atoms with Crippen LogP contribution in [0, 0.1) is 5.92 Å². The van der Waals surface area contributed by atoms with Gasteiger partial charge in [-0.15, -0.1) is 0 Å². The topological polar surface area (TPSA) is 47.6 Å². The predicted octanol–water partition coefficient (Wildman–Crippen LogP) is 2.98. The largest absolute Gasteiger partial charge is 0.485 e. The normalized spacial score (nSPS) is 26.1. The minimum atomic E-state index is -0.393. The molecule has 0 aromatic heterocycles. The highest BCUT2D eigenvalue weighted by atomic mass is 16.5. The molecule has 20 heavy (non-hydrogen) atoms. The predicted molar refractivity (Wildman–Crippen MR) is 75.5 cm³/mol. The van der Waals surface area contributed by atoms with E-state index >= 15 is 0 Å². The van der Waals surface area contributed by atoms with E-state index in [0.717, 1.165) is 11.3 Å². The number of alkyl carbamates (subject to hydrolysis) is 1. The molecule has 4 heteroatoms. The van der Waals surface area contributed by atoms with Crippen LogP contribution in [0.5, 0.6) is 5.75 Å². The number of ether oxygens (including phenoxy) is 2. The standard InChI is InChI=1S/C16H17NO3/c1-2-19-16(18)17-15-11-7-3-5-9-13(11)20-14-10-6-4-8-12(14)15/h3-11,13,15H,2H2,1H3,(H,17,18)/t11-,13+,15+/m1/s1. The van der Waals surface area contributed by atoms with Crippen LogP contribution in [0.1, 0.15) is 18.5 Å². The summed E-state index contributed by atoms with van der Waals surface area (Å²) in [5.41, 5.74) is 0.988. The fraction of sp³-hybridized carbons (Fsp3) is 0.312. The summed E-state index contributed by atoms with van der Waals surface area (Å²) in [7, 11) is 0. The number of benzene rings is 1. The van der Waals surface area contributed by atoms with E-state index in [9.17, 15) is 4.79 Å². The molecule has 0 radical (unpaired) electrons. The van der Waals surface area contributed by atoms with E-state index in [0.29, 0.717) is 6.61 Å². The molecule has 0 fully saturated rings. The van der Waals surface area contributed by atoms with Gasteiger partial charge in [0.15, 0.2) is 0 Å². The molecule has 3 atom stereocenters. The van der Waals surface area contributed by atoms with E-state index in [1.165, 1.54) is 0 Å². The molecule has 0 saturated carbocycles. The second-order valence-electron chi connectivity index (χ2n) is 4.81. The van der Waals surface area contributed by atoms with Gasteiger partial charge in [-0.1, -0.05) is 36.4 Å². The Balaban J connectivity index is 1.93. The van der Waals surface area contributed by atoms with E-state index in [1.54, 1.807) is 6.92 Å². The maximum absolute atomic E-state index is 11.8. The molecule has 1 aliphatic heterocycles. The first-order chi connectivity index (χ1) is 9.79. The zero-order valence-corrected chi connectivity index (χ0v) is 11.3. The summed E-state index contributed by atoms with van der Waals surface area (Å²) in [5.74, 6) is 0.898. The summed E-state index contributed by atoms with van der Waals surface area (Å²) in [6.45, 7) is 2.16. The van der Waals surface area contributed by atoms with Crippen molar-refractivity contribution in [1.29, 1.82) is 0 Å². The van der Waals surface area contributed by atoms with Gasteiger partial charge in [0.25, 0.3) is 0 Å². The van der Waals surface area contributed by atoms with E-state index in [1.807, 2.05) is 42.5 Å². The Bertz CT molecular complexity index is 565. The quantitative estimate of drug-likeness (QED) is 0.899. The van der Waals surface area contributed by atoms with Crippen LogP contribution in [-0.4, -0.2) is 18.8 Å². The number of carbonyl (C=O) groups excluding carboxylic acids is 1. The summed E-state index contributed by atoms with van der Waals surface area (Å²) < 4.78 is 11.0. The number of para-hydroxylation sites is 1. The van der Waals surface area contributed by atoms with Crippen molar-refractivity contribution in [3.05, 3.63) is 54.1 Å². The van der Waals surface area contributed by atoms with Crippen molar-refractivity contribution in [1.82, 2.24) is 5.32 Å². The van der Waals surface area contributed by atoms with Crippen LogP contribution in [0.3, 0.4) is 0 Å². The monoisotopic (exact) mass is 271 g/mol. The Morgan fingerprint density at radius 3 is 2.95 bits per heavy atom. The highest BCUT2D eigenvalue weighted by Gasteiger charge is 2.37. The molecule has 1 N–H and O–H groups in total. The van der Waals surface area contributed by atoms with Gasteiger partial charge < -0.3 is 14.8 Å². The first kappa shape index (κ1) is 12.8. The lowest BCUT2D eigenvalue weighted by molar-refractivity contribution is 0.120. The second kappa shape index (κ2) is 5.41. The fourth-order valence-corrected chi connectivity index (χ4v) is 2.70. The molecule has 3 rings (SSSR count).